The third kappa shape index (κ3) is 3.23. The minimum Gasteiger partial charge on any atom is -0.340 e. The molecule has 3 aliphatic rings. The molecule has 1 aliphatic carbocycles. The standard InChI is InChI=1S/C14H25N3O/c18-14(10-13-2-1-5-15-13)17-8-6-16(7-9-17)11-12-3-4-12/h12-13,15H,1-11H2. The fraction of sp³-hybridized carbons (Fsp3) is 0.929. The van der Waals surface area contributed by atoms with Crippen LogP contribution in [0.3, 0.4) is 0 Å². The third-order valence-electron chi connectivity index (χ3n) is 4.52. The fourth-order valence-corrected chi connectivity index (χ4v) is 3.12. The second kappa shape index (κ2) is 5.57. The van der Waals surface area contributed by atoms with Gasteiger partial charge in [-0.2, -0.15) is 0 Å². The number of carbonyl (C=O) groups is 1. The van der Waals surface area contributed by atoms with E-state index in [1.165, 1.54) is 32.2 Å². The van der Waals surface area contributed by atoms with E-state index in [9.17, 15) is 4.79 Å². The van der Waals surface area contributed by atoms with Gasteiger partial charge in [0.1, 0.15) is 0 Å². The number of hydrogen-bond donors (Lipinski definition) is 1. The van der Waals surface area contributed by atoms with Crippen molar-refractivity contribution in [2.45, 2.75) is 38.1 Å². The van der Waals surface area contributed by atoms with Crippen molar-refractivity contribution in [3.63, 3.8) is 0 Å². The monoisotopic (exact) mass is 251 g/mol. The molecule has 2 aliphatic heterocycles. The van der Waals surface area contributed by atoms with Gasteiger partial charge in [-0.3, -0.25) is 9.69 Å². The van der Waals surface area contributed by atoms with E-state index in [4.69, 9.17) is 0 Å². The Hall–Kier alpha value is -0.610. The van der Waals surface area contributed by atoms with E-state index >= 15 is 0 Å². The van der Waals surface area contributed by atoms with Crippen molar-refractivity contribution in [2.75, 3.05) is 39.3 Å². The molecule has 0 aromatic heterocycles. The SMILES string of the molecule is O=C(CC1CCCN1)N1CCN(CC2CC2)CC1. The van der Waals surface area contributed by atoms with Crippen molar-refractivity contribution >= 4 is 5.91 Å². The average Bonchev–Trinajstić information content (AvgIpc) is 3.04. The van der Waals surface area contributed by atoms with Crippen LogP contribution in [0.2, 0.25) is 0 Å². The number of amides is 1. The van der Waals surface area contributed by atoms with Gasteiger partial charge in [-0.05, 0) is 38.1 Å². The van der Waals surface area contributed by atoms with Crippen LogP contribution in [0.15, 0.2) is 0 Å². The third-order valence-corrected chi connectivity index (χ3v) is 4.52. The second-order valence-corrected chi connectivity index (χ2v) is 6.12. The lowest BCUT2D eigenvalue weighted by Crippen LogP contribution is -2.50. The summed E-state index contributed by atoms with van der Waals surface area (Å²) in [6, 6.07) is 0.446. The van der Waals surface area contributed by atoms with E-state index < -0.39 is 0 Å². The van der Waals surface area contributed by atoms with Crippen LogP contribution in [0.4, 0.5) is 0 Å². The first-order valence-electron chi connectivity index (χ1n) is 7.55. The smallest absolute Gasteiger partial charge is 0.224 e. The summed E-state index contributed by atoms with van der Waals surface area (Å²) in [5.74, 6) is 1.33. The summed E-state index contributed by atoms with van der Waals surface area (Å²) in [7, 11) is 0. The van der Waals surface area contributed by atoms with Crippen molar-refractivity contribution < 1.29 is 4.79 Å². The Labute approximate surface area is 110 Å². The highest BCUT2D eigenvalue weighted by molar-refractivity contribution is 5.77. The summed E-state index contributed by atoms with van der Waals surface area (Å²) in [6.07, 6.45) is 5.96. The first kappa shape index (κ1) is 12.4. The Kier molecular flexibility index (Phi) is 3.85. The number of nitrogens with one attached hydrogen (secondary N) is 1. The van der Waals surface area contributed by atoms with Gasteiger partial charge in [0.05, 0.1) is 0 Å². The molecule has 0 radical (unpaired) electrons. The molecule has 3 fully saturated rings. The molecule has 1 saturated carbocycles. The van der Waals surface area contributed by atoms with E-state index in [1.807, 2.05) is 0 Å². The molecular formula is C14H25N3O. The molecule has 18 heavy (non-hydrogen) atoms. The first-order valence-corrected chi connectivity index (χ1v) is 7.55. The molecule has 0 spiro atoms. The molecule has 102 valence electrons. The molecule has 1 N–H and O–H groups in total. The predicted molar refractivity (Wildman–Crippen MR) is 71.4 cm³/mol. The lowest BCUT2D eigenvalue weighted by atomic mass is 10.1. The van der Waals surface area contributed by atoms with Gasteiger partial charge in [-0.1, -0.05) is 0 Å². The zero-order valence-corrected chi connectivity index (χ0v) is 11.2. The number of nitrogens with zero attached hydrogens (tertiary/aromatic N) is 2. The van der Waals surface area contributed by atoms with Gasteiger partial charge in [0, 0.05) is 45.2 Å². The zero-order valence-electron chi connectivity index (χ0n) is 11.2. The summed E-state index contributed by atoms with van der Waals surface area (Å²) in [5.41, 5.74) is 0. The van der Waals surface area contributed by atoms with Crippen LogP contribution in [-0.4, -0.2) is 61.0 Å². The van der Waals surface area contributed by atoms with Crippen LogP contribution in [0, 0.1) is 5.92 Å². The maximum Gasteiger partial charge on any atom is 0.224 e. The number of piperazine rings is 1. The lowest BCUT2D eigenvalue weighted by molar-refractivity contribution is -0.133. The minimum atomic E-state index is 0.362. The largest absolute Gasteiger partial charge is 0.340 e. The van der Waals surface area contributed by atoms with Crippen molar-refractivity contribution in [1.29, 1.82) is 0 Å². The number of hydrogen-bond acceptors (Lipinski definition) is 3. The van der Waals surface area contributed by atoms with Gasteiger partial charge in [-0.15, -0.1) is 0 Å². The van der Waals surface area contributed by atoms with Gasteiger partial charge in [0.2, 0.25) is 5.91 Å². The highest BCUT2D eigenvalue weighted by Gasteiger charge is 2.28. The topological polar surface area (TPSA) is 35.6 Å². The van der Waals surface area contributed by atoms with Crippen LogP contribution in [0.1, 0.15) is 32.1 Å². The van der Waals surface area contributed by atoms with E-state index in [-0.39, 0.29) is 0 Å². The van der Waals surface area contributed by atoms with E-state index in [0.29, 0.717) is 18.4 Å². The maximum atomic E-state index is 12.2. The molecule has 2 heterocycles. The summed E-state index contributed by atoms with van der Waals surface area (Å²) in [4.78, 5) is 16.8. The molecule has 1 unspecified atom stereocenters. The first-order chi connectivity index (χ1) is 8.81. The van der Waals surface area contributed by atoms with Gasteiger partial charge in [-0.25, -0.2) is 0 Å². The van der Waals surface area contributed by atoms with E-state index in [0.717, 1.165) is 38.6 Å². The summed E-state index contributed by atoms with van der Waals surface area (Å²) in [5, 5.41) is 3.41. The van der Waals surface area contributed by atoms with Gasteiger partial charge < -0.3 is 10.2 Å². The average molecular weight is 251 g/mol. The van der Waals surface area contributed by atoms with E-state index in [1.54, 1.807) is 0 Å². The van der Waals surface area contributed by atoms with Crippen molar-refractivity contribution in [2.24, 2.45) is 5.92 Å². The highest BCUT2D eigenvalue weighted by atomic mass is 16.2. The quantitative estimate of drug-likeness (QED) is 0.798. The van der Waals surface area contributed by atoms with Crippen molar-refractivity contribution in [1.82, 2.24) is 15.1 Å². The van der Waals surface area contributed by atoms with Crippen molar-refractivity contribution in [3.05, 3.63) is 0 Å². The van der Waals surface area contributed by atoms with Crippen LogP contribution in [0.25, 0.3) is 0 Å². The fourth-order valence-electron chi connectivity index (χ4n) is 3.12. The molecular weight excluding hydrogens is 226 g/mol. The van der Waals surface area contributed by atoms with E-state index in [2.05, 4.69) is 15.1 Å². The van der Waals surface area contributed by atoms with Crippen LogP contribution in [0.5, 0.6) is 0 Å². The molecule has 0 aromatic carbocycles. The molecule has 0 aromatic rings. The minimum absolute atomic E-state index is 0.362. The van der Waals surface area contributed by atoms with Crippen LogP contribution in [-0.2, 0) is 4.79 Å². The maximum absolute atomic E-state index is 12.2. The van der Waals surface area contributed by atoms with Gasteiger partial charge >= 0.3 is 0 Å². The Morgan fingerprint density at radius 1 is 1.11 bits per heavy atom. The Balaban J connectivity index is 1.39. The summed E-state index contributed by atoms with van der Waals surface area (Å²) in [6.45, 7) is 6.41. The Morgan fingerprint density at radius 3 is 2.50 bits per heavy atom. The molecule has 2 saturated heterocycles. The van der Waals surface area contributed by atoms with Gasteiger partial charge in [0.15, 0.2) is 0 Å². The number of carbonyl (C=O) groups excluding carboxylic acids is 1. The van der Waals surface area contributed by atoms with Crippen LogP contribution >= 0.6 is 0 Å². The Bertz CT molecular complexity index is 289. The second-order valence-electron chi connectivity index (χ2n) is 6.12. The number of rotatable bonds is 4. The molecule has 4 nitrogen and oxygen atoms in total. The zero-order chi connectivity index (χ0) is 12.4. The lowest BCUT2D eigenvalue weighted by Gasteiger charge is -2.35. The predicted octanol–water partition coefficient (Wildman–Crippen LogP) is 0.683. The summed E-state index contributed by atoms with van der Waals surface area (Å²) < 4.78 is 0. The van der Waals surface area contributed by atoms with Crippen molar-refractivity contribution in [3.8, 4) is 0 Å². The van der Waals surface area contributed by atoms with Crippen LogP contribution < -0.4 is 5.32 Å². The molecule has 1 amide bonds. The molecule has 1 atom stereocenters. The molecule has 4 heteroatoms. The molecule has 0 bridgehead atoms. The Morgan fingerprint density at radius 2 is 1.89 bits per heavy atom. The molecule has 3 rings (SSSR count). The summed E-state index contributed by atoms with van der Waals surface area (Å²) >= 11 is 0. The van der Waals surface area contributed by atoms with Gasteiger partial charge in [0.25, 0.3) is 0 Å². The normalized spacial score (nSPS) is 29.8. The highest BCUT2D eigenvalue weighted by Crippen LogP contribution is 2.29.